The molecule has 0 fully saturated rings. The summed E-state index contributed by atoms with van der Waals surface area (Å²) in [6, 6.07) is 85.5. The van der Waals surface area contributed by atoms with Crippen molar-refractivity contribution in [2.24, 2.45) is 0 Å². The Kier molecular flexibility index (Phi) is 13.4. The summed E-state index contributed by atoms with van der Waals surface area (Å²) in [6.45, 7) is 20.1. The summed E-state index contributed by atoms with van der Waals surface area (Å²) in [5.74, 6) is 0. The van der Waals surface area contributed by atoms with Crippen molar-refractivity contribution in [2.45, 2.75) is 79.6 Å². The predicted octanol–water partition coefficient (Wildman–Crippen LogP) is 20.8. The van der Waals surface area contributed by atoms with Crippen LogP contribution < -0.4 is 0 Å². The molecule has 0 nitrogen and oxygen atoms in total. The molecule has 0 bridgehead atoms. The van der Waals surface area contributed by atoms with E-state index in [9.17, 15) is 0 Å². The van der Waals surface area contributed by atoms with Gasteiger partial charge in [-0.1, -0.05) is 287 Å². The third-order valence-electron chi connectivity index (χ3n) is 16.3. The smallest absolute Gasteiger partial charge is 0.0158 e. The molecule has 0 aromatic heterocycles. The van der Waals surface area contributed by atoms with Crippen molar-refractivity contribution in [3.8, 4) is 33.4 Å². The fourth-order valence-electron chi connectivity index (χ4n) is 12.3. The fraction of sp³-hybridized carbons (Fsp3) is 0.158. The molecule has 3 aliphatic rings. The Bertz CT molecular complexity index is 4140. The molecule has 0 radical (unpaired) electrons. The van der Waals surface area contributed by atoms with Crippen LogP contribution in [0.25, 0.3) is 76.5 Å². The van der Waals surface area contributed by atoms with Gasteiger partial charge in [0.25, 0.3) is 0 Å². The van der Waals surface area contributed by atoms with Crippen molar-refractivity contribution in [3.63, 3.8) is 0 Å². The van der Waals surface area contributed by atoms with Crippen molar-refractivity contribution in [2.75, 3.05) is 0 Å². The summed E-state index contributed by atoms with van der Waals surface area (Å²) >= 11 is 0. The third kappa shape index (κ3) is 9.43. The first kappa shape index (κ1) is 49.9. The standard InChI is InChI=1S/2C16H16.2C15H12.C14H12/c1-11-8-9-15-13(10-11)12-6-4-5-7-14(12)16(15,2)3;1-11-8-9-13-12-6-4-5-7-14(12)16(2,3)15(13)10-11;1-11-10-12-6-2-3-8-14(12)15-9-5-4-7-13(11)15;1-11-6-9-15-13(10-11)8-7-12-4-2-3-5-14(12)15;1-10-6-7-14-12(8-10)9-11-4-2-3-5-13(11)14/h2*4-10H,1-3H3;2*2-10H,1H3;2-8H,9H2,1H3. The molecule has 12 aromatic rings. The summed E-state index contributed by atoms with van der Waals surface area (Å²) in [5.41, 5.74) is 24.3. The predicted molar refractivity (Wildman–Crippen MR) is 329 cm³/mol. The number of hydrogen-bond acceptors (Lipinski definition) is 0. The minimum absolute atomic E-state index is 0.151. The maximum absolute atomic E-state index is 2.33. The molecule has 76 heavy (non-hydrogen) atoms. The largest absolute Gasteiger partial charge is 0.0619 e. The van der Waals surface area contributed by atoms with Crippen LogP contribution in [0.4, 0.5) is 0 Å². The Hall–Kier alpha value is -8.32. The lowest BCUT2D eigenvalue weighted by atomic mass is 9.82. The van der Waals surface area contributed by atoms with Crippen LogP contribution in [0.2, 0.25) is 0 Å². The molecular formula is C76H68. The lowest BCUT2D eigenvalue weighted by Gasteiger charge is -2.21. The molecule has 0 saturated heterocycles. The van der Waals surface area contributed by atoms with Gasteiger partial charge >= 0.3 is 0 Å². The van der Waals surface area contributed by atoms with E-state index in [2.05, 4.69) is 299 Å². The van der Waals surface area contributed by atoms with E-state index in [1.165, 1.54) is 138 Å². The molecule has 0 amide bonds. The second-order valence-electron chi connectivity index (χ2n) is 22.4. The van der Waals surface area contributed by atoms with Gasteiger partial charge in [-0.25, -0.2) is 0 Å². The molecule has 0 heteroatoms. The normalized spacial score (nSPS) is 13.2. The highest BCUT2D eigenvalue weighted by Gasteiger charge is 2.36. The average molecular weight is 981 g/mol. The van der Waals surface area contributed by atoms with Gasteiger partial charge in [0.15, 0.2) is 0 Å². The van der Waals surface area contributed by atoms with E-state index in [4.69, 9.17) is 0 Å². The highest BCUT2D eigenvalue weighted by Crippen LogP contribution is 2.50. The van der Waals surface area contributed by atoms with E-state index in [0.29, 0.717) is 0 Å². The molecule has 0 atom stereocenters. The van der Waals surface area contributed by atoms with E-state index < -0.39 is 0 Å². The van der Waals surface area contributed by atoms with Crippen LogP contribution in [0.3, 0.4) is 0 Å². The van der Waals surface area contributed by atoms with Crippen molar-refractivity contribution >= 4 is 43.1 Å². The molecule has 15 rings (SSSR count). The maximum Gasteiger partial charge on any atom is 0.0158 e. The van der Waals surface area contributed by atoms with Gasteiger partial charge in [0.1, 0.15) is 0 Å². The Morgan fingerprint density at radius 1 is 0.250 bits per heavy atom. The molecule has 0 heterocycles. The summed E-state index contributed by atoms with van der Waals surface area (Å²) < 4.78 is 0. The van der Waals surface area contributed by atoms with Crippen LogP contribution in [0.1, 0.15) is 88.9 Å². The van der Waals surface area contributed by atoms with Gasteiger partial charge in [-0.2, -0.15) is 0 Å². The van der Waals surface area contributed by atoms with Gasteiger partial charge in [-0.15, -0.1) is 0 Å². The van der Waals surface area contributed by atoms with Gasteiger partial charge < -0.3 is 0 Å². The van der Waals surface area contributed by atoms with Crippen LogP contribution in [0.5, 0.6) is 0 Å². The van der Waals surface area contributed by atoms with Gasteiger partial charge in [-0.3, -0.25) is 0 Å². The van der Waals surface area contributed by atoms with Crippen LogP contribution >= 0.6 is 0 Å². The second-order valence-corrected chi connectivity index (χ2v) is 22.4. The molecular weight excluding hydrogens is 913 g/mol. The monoisotopic (exact) mass is 981 g/mol. The summed E-state index contributed by atoms with van der Waals surface area (Å²) in [5, 5.41) is 10.7. The zero-order chi connectivity index (χ0) is 52.7. The minimum Gasteiger partial charge on any atom is -0.0619 e. The Morgan fingerprint density at radius 3 is 1.39 bits per heavy atom. The molecule has 0 unspecified atom stereocenters. The molecule has 0 aliphatic heterocycles. The molecule has 0 saturated carbocycles. The number of aryl methyl sites for hydroxylation is 5. The highest BCUT2D eigenvalue weighted by atomic mass is 14.4. The van der Waals surface area contributed by atoms with E-state index in [1.54, 1.807) is 0 Å². The molecule has 3 aliphatic carbocycles. The first-order valence-corrected chi connectivity index (χ1v) is 27.1. The van der Waals surface area contributed by atoms with E-state index in [0.717, 1.165) is 6.42 Å². The maximum atomic E-state index is 2.33. The minimum atomic E-state index is 0.151. The topological polar surface area (TPSA) is 0 Å². The Balaban J connectivity index is 0.000000101. The Morgan fingerprint density at radius 2 is 0.671 bits per heavy atom. The number of rotatable bonds is 0. The van der Waals surface area contributed by atoms with Crippen molar-refractivity contribution in [1.29, 1.82) is 0 Å². The van der Waals surface area contributed by atoms with Crippen molar-refractivity contribution in [3.05, 3.63) is 298 Å². The first-order valence-electron chi connectivity index (χ1n) is 27.1. The van der Waals surface area contributed by atoms with E-state index >= 15 is 0 Å². The molecule has 0 spiro atoms. The Labute approximate surface area is 451 Å². The summed E-state index contributed by atoms with van der Waals surface area (Å²) in [7, 11) is 0. The number of benzene rings is 12. The number of hydrogen-bond donors (Lipinski definition) is 0. The van der Waals surface area contributed by atoms with Crippen LogP contribution in [0.15, 0.2) is 237 Å². The van der Waals surface area contributed by atoms with E-state index in [1.807, 2.05) is 0 Å². The van der Waals surface area contributed by atoms with Gasteiger partial charge in [0.05, 0.1) is 0 Å². The molecule has 372 valence electrons. The SMILES string of the molecule is Cc1cc2ccccc2c2ccccc12.Cc1ccc2c(c1)-c1ccccc1C2(C)C.Cc1ccc2c(c1)C(C)(C)c1ccccc1-2.Cc1ccc2c(c1)Cc1ccccc1-2.Cc1ccc2c(ccc3ccccc32)c1. The summed E-state index contributed by atoms with van der Waals surface area (Å²) in [6.07, 6.45) is 1.10. The second kappa shape index (κ2) is 20.4. The van der Waals surface area contributed by atoms with Gasteiger partial charge in [-0.05, 0) is 156 Å². The first-order chi connectivity index (χ1) is 36.8. The molecule has 12 aromatic carbocycles. The average Bonchev–Trinajstić information content (AvgIpc) is 4.01. The zero-order valence-electron chi connectivity index (χ0n) is 45.7. The summed E-state index contributed by atoms with van der Waals surface area (Å²) in [4.78, 5) is 0. The van der Waals surface area contributed by atoms with Crippen LogP contribution in [-0.2, 0) is 17.3 Å². The van der Waals surface area contributed by atoms with Gasteiger partial charge in [0.2, 0.25) is 0 Å². The number of fused-ring (bicyclic) bond motifs is 15. The molecule has 0 N–H and O–H groups in total. The zero-order valence-corrected chi connectivity index (χ0v) is 45.7. The van der Waals surface area contributed by atoms with Crippen LogP contribution in [-0.4, -0.2) is 0 Å². The van der Waals surface area contributed by atoms with Crippen molar-refractivity contribution < 1.29 is 0 Å². The third-order valence-corrected chi connectivity index (χ3v) is 16.3. The highest BCUT2D eigenvalue weighted by molar-refractivity contribution is 6.09. The lowest BCUT2D eigenvalue weighted by Crippen LogP contribution is -2.14. The van der Waals surface area contributed by atoms with Gasteiger partial charge in [0, 0.05) is 10.8 Å². The van der Waals surface area contributed by atoms with E-state index in [-0.39, 0.29) is 10.8 Å². The van der Waals surface area contributed by atoms with Crippen LogP contribution in [0, 0.1) is 34.6 Å². The van der Waals surface area contributed by atoms with Crippen molar-refractivity contribution in [1.82, 2.24) is 0 Å². The lowest BCUT2D eigenvalue weighted by molar-refractivity contribution is 0.660. The quantitative estimate of drug-likeness (QED) is 0.133. The fourth-order valence-corrected chi connectivity index (χ4v) is 12.3.